The van der Waals surface area contributed by atoms with Crippen molar-refractivity contribution < 1.29 is 0 Å². The fourth-order valence-corrected chi connectivity index (χ4v) is 5.33. The highest BCUT2D eigenvalue weighted by Crippen LogP contribution is 2.51. The lowest BCUT2D eigenvalue weighted by Crippen LogP contribution is -2.26. The topological polar surface area (TPSA) is 119 Å². The summed E-state index contributed by atoms with van der Waals surface area (Å²) >= 11 is 6.66. The van der Waals surface area contributed by atoms with Crippen molar-refractivity contribution in [2.24, 2.45) is 37.6 Å². The minimum atomic E-state index is 0.603. The van der Waals surface area contributed by atoms with Crippen molar-refractivity contribution >= 4 is 39.5 Å². The molecule has 1 aliphatic heterocycles. The van der Waals surface area contributed by atoms with Gasteiger partial charge in [-0.3, -0.25) is 14.5 Å². The van der Waals surface area contributed by atoms with Crippen LogP contribution in [0.1, 0.15) is 0 Å². The lowest BCUT2D eigenvalue weighted by atomic mass is 10.1. The van der Waals surface area contributed by atoms with Crippen LogP contribution in [0.25, 0.3) is 33.3 Å². The first-order valence-electron chi connectivity index (χ1n) is 11.3. The van der Waals surface area contributed by atoms with E-state index in [4.69, 9.17) is 22.3 Å². The second-order valence-electron chi connectivity index (χ2n) is 8.97. The van der Waals surface area contributed by atoms with E-state index in [0.29, 0.717) is 28.4 Å². The smallest absolute Gasteiger partial charge is 0.202 e. The highest BCUT2D eigenvalue weighted by atomic mass is 35.5. The van der Waals surface area contributed by atoms with Crippen LogP contribution in [-0.4, -0.2) is 59.4 Å². The average Bonchev–Trinajstić information content (AvgIpc) is 3.41. The van der Waals surface area contributed by atoms with Crippen molar-refractivity contribution in [2.45, 2.75) is 0 Å². The molecular weight excluding hydrogens is 452 g/mol. The number of hydrogen-bond acceptors (Lipinski definition) is 7. The van der Waals surface area contributed by atoms with Gasteiger partial charge in [0.1, 0.15) is 11.3 Å². The summed E-state index contributed by atoms with van der Waals surface area (Å²) in [4.78, 5) is 11.7. The minimum Gasteiger partial charge on any atom is -0.355 e. The van der Waals surface area contributed by atoms with Crippen molar-refractivity contribution in [3.05, 3.63) is 48.0 Å². The maximum absolute atomic E-state index is 6.66. The first-order chi connectivity index (χ1) is 16.5. The van der Waals surface area contributed by atoms with E-state index in [0.717, 1.165) is 53.1 Å². The van der Waals surface area contributed by atoms with E-state index in [1.165, 1.54) is 0 Å². The molecule has 0 spiro atoms. The Kier molecular flexibility index (Phi) is 5.00. The summed E-state index contributed by atoms with van der Waals surface area (Å²) < 4.78 is 3.51. The van der Waals surface area contributed by atoms with Gasteiger partial charge in [0.2, 0.25) is 5.65 Å². The molecule has 1 aliphatic carbocycles. The highest BCUT2D eigenvalue weighted by Gasteiger charge is 2.54. The predicted octanol–water partition coefficient (Wildman–Crippen LogP) is 2.62. The van der Waals surface area contributed by atoms with Gasteiger partial charge in [-0.2, -0.15) is 15.3 Å². The number of nitrogens with two attached hydrogens (primary N) is 1. The Bertz CT molecular complexity index is 1460. The molecule has 1 aromatic carbocycles. The minimum absolute atomic E-state index is 0.603. The van der Waals surface area contributed by atoms with Gasteiger partial charge in [0.15, 0.2) is 0 Å². The van der Waals surface area contributed by atoms with Gasteiger partial charge in [-0.25, -0.2) is 9.97 Å². The van der Waals surface area contributed by atoms with E-state index in [1.54, 1.807) is 15.6 Å². The Morgan fingerprint density at radius 3 is 2.68 bits per heavy atom. The van der Waals surface area contributed by atoms with Crippen molar-refractivity contribution in [1.82, 2.24) is 39.7 Å². The second-order valence-corrected chi connectivity index (χ2v) is 9.35. The second kappa shape index (κ2) is 8.07. The quantitative estimate of drug-likeness (QED) is 0.410. The molecule has 1 saturated heterocycles. The first kappa shape index (κ1) is 21.1. The van der Waals surface area contributed by atoms with E-state index < -0.39 is 0 Å². The Balaban J connectivity index is 0.000000318. The van der Waals surface area contributed by atoms with Gasteiger partial charge in [0.25, 0.3) is 0 Å². The molecule has 4 aromatic heterocycles. The molecule has 1 saturated carbocycles. The normalized spacial score (nSPS) is 21.1. The van der Waals surface area contributed by atoms with E-state index in [2.05, 4.69) is 30.3 Å². The fraction of sp³-hybridized carbons (Fsp3) is 0.348. The number of fused-ring (bicyclic) bond motifs is 3. The maximum atomic E-state index is 6.66. The van der Waals surface area contributed by atoms with E-state index >= 15 is 0 Å². The standard InChI is InChI=1S/C19H19ClN8.C4H6N2/c1-27-6-13-14(26-27)3-2-9(16(13)20)17-18-19(25-24-17)23-15(5-22-18)28-7-11-10(4-21)12(11)8-28;1-6-4-2-3-5-6/h2-3,5-6,10-12H,4,7-8,21H2,1H3,(H,23,24,25);2-4H,1H3. The van der Waals surface area contributed by atoms with Gasteiger partial charge < -0.3 is 10.6 Å². The summed E-state index contributed by atoms with van der Waals surface area (Å²) in [6.07, 6.45) is 7.39. The van der Waals surface area contributed by atoms with Crippen LogP contribution in [0.3, 0.4) is 0 Å². The number of nitrogens with zero attached hydrogens (tertiary/aromatic N) is 8. The number of aryl methyl sites for hydroxylation is 2. The van der Waals surface area contributed by atoms with Crippen LogP contribution < -0.4 is 10.6 Å². The third kappa shape index (κ3) is 3.50. The Morgan fingerprint density at radius 1 is 1.18 bits per heavy atom. The highest BCUT2D eigenvalue weighted by molar-refractivity contribution is 6.38. The first-order valence-corrected chi connectivity index (χ1v) is 11.6. The molecule has 2 fully saturated rings. The van der Waals surface area contributed by atoms with Gasteiger partial charge in [-0.1, -0.05) is 11.6 Å². The Hall–Kier alpha value is -3.50. The maximum Gasteiger partial charge on any atom is 0.202 e. The van der Waals surface area contributed by atoms with Gasteiger partial charge in [0, 0.05) is 56.7 Å². The number of piperidine rings is 1. The van der Waals surface area contributed by atoms with Crippen LogP contribution in [0.5, 0.6) is 0 Å². The number of anilines is 1. The Labute approximate surface area is 200 Å². The van der Waals surface area contributed by atoms with Crippen LogP contribution in [0.4, 0.5) is 5.82 Å². The molecule has 2 atom stereocenters. The molecule has 0 amide bonds. The molecule has 3 N–H and O–H groups in total. The molecule has 0 radical (unpaired) electrons. The zero-order chi connectivity index (χ0) is 23.4. The number of hydrogen-bond donors (Lipinski definition) is 2. The van der Waals surface area contributed by atoms with Gasteiger partial charge in [0.05, 0.1) is 22.4 Å². The predicted molar refractivity (Wildman–Crippen MR) is 131 cm³/mol. The monoisotopic (exact) mass is 476 g/mol. The molecule has 11 heteroatoms. The number of rotatable bonds is 3. The number of aromatic amines is 1. The molecular formula is C23H25ClN10. The molecule has 10 nitrogen and oxygen atoms in total. The number of halogens is 1. The van der Waals surface area contributed by atoms with Crippen LogP contribution in [-0.2, 0) is 14.1 Å². The summed E-state index contributed by atoms with van der Waals surface area (Å²) in [7, 11) is 3.77. The summed E-state index contributed by atoms with van der Waals surface area (Å²) in [5, 5.41) is 17.2. The summed E-state index contributed by atoms with van der Waals surface area (Å²) in [6.45, 7) is 2.81. The fourth-order valence-electron chi connectivity index (χ4n) is 5.03. The van der Waals surface area contributed by atoms with E-state index in [-0.39, 0.29) is 0 Å². The number of H-pyrrole nitrogens is 1. The van der Waals surface area contributed by atoms with Crippen LogP contribution >= 0.6 is 11.6 Å². The molecule has 0 bridgehead atoms. The van der Waals surface area contributed by atoms with Crippen molar-refractivity contribution in [1.29, 1.82) is 0 Å². The molecule has 2 aliphatic rings. The third-order valence-corrected chi connectivity index (χ3v) is 7.27. The number of aromatic nitrogens is 8. The SMILES string of the molecule is Cn1cc2c(Cl)c(-c3[nH]nc4nc(N5CC6C(CN)C6C5)cnc34)ccc2n1.Cn1cccn1. The number of benzene rings is 1. The van der Waals surface area contributed by atoms with Gasteiger partial charge in [-0.15, -0.1) is 0 Å². The van der Waals surface area contributed by atoms with Crippen LogP contribution in [0.2, 0.25) is 5.02 Å². The molecule has 34 heavy (non-hydrogen) atoms. The van der Waals surface area contributed by atoms with Crippen molar-refractivity contribution in [3.63, 3.8) is 0 Å². The summed E-state index contributed by atoms with van der Waals surface area (Å²) in [5.41, 5.74) is 9.62. The largest absolute Gasteiger partial charge is 0.355 e. The zero-order valence-electron chi connectivity index (χ0n) is 18.9. The molecule has 7 rings (SSSR count). The zero-order valence-corrected chi connectivity index (χ0v) is 19.7. The van der Waals surface area contributed by atoms with E-state index in [1.807, 2.05) is 50.9 Å². The van der Waals surface area contributed by atoms with E-state index in [9.17, 15) is 0 Å². The lowest BCUT2D eigenvalue weighted by Gasteiger charge is -2.19. The van der Waals surface area contributed by atoms with Crippen LogP contribution in [0, 0.1) is 17.8 Å². The lowest BCUT2D eigenvalue weighted by molar-refractivity contribution is 0.644. The third-order valence-electron chi connectivity index (χ3n) is 6.86. The van der Waals surface area contributed by atoms with Crippen molar-refractivity contribution in [2.75, 3.05) is 24.5 Å². The summed E-state index contributed by atoms with van der Waals surface area (Å²) in [5.74, 6) is 2.99. The Morgan fingerprint density at radius 2 is 2.00 bits per heavy atom. The average molecular weight is 477 g/mol. The van der Waals surface area contributed by atoms with Crippen molar-refractivity contribution in [3.8, 4) is 11.3 Å². The molecule has 5 aromatic rings. The van der Waals surface area contributed by atoms with Gasteiger partial charge >= 0.3 is 0 Å². The summed E-state index contributed by atoms with van der Waals surface area (Å²) in [6, 6.07) is 5.79. The van der Waals surface area contributed by atoms with Gasteiger partial charge in [-0.05, 0) is 42.5 Å². The molecule has 5 heterocycles. The number of nitrogens with one attached hydrogen (secondary N) is 1. The van der Waals surface area contributed by atoms with Crippen LogP contribution in [0.15, 0.2) is 43.0 Å². The molecule has 2 unspecified atom stereocenters. The molecule has 174 valence electrons.